The molecule has 7 heteroatoms. The van der Waals surface area contributed by atoms with E-state index in [4.69, 9.17) is 5.73 Å². The van der Waals surface area contributed by atoms with Crippen molar-refractivity contribution in [2.24, 2.45) is 0 Å². The number of nitrogens with zero attached hydrogens (tertiary/aromatic N) is 4. The Morgan fingerprint density at radius 1 is 1.55 bits per heavy atom. The Morgan fingerprint density at radius 3 is 3.00 bits per heavy atom. The smallest absolute Gasteiger partial charge is 0.239 e. The van der Waals surface area contributed by atoms with Gasteiger partial charge < -0.3 is 5.73 Å². The predicted molar refractivity (Wildman–Crippen MR) is 39.7 cm³/mol. The van der Waals surface area contributed by atoms with Crippen LogP contribution in [0.25, 0.3) is 10.7 Å². The number of anilines is 1. The van der Waals surface area contributed by atoms with Crippen LogP contribution in [0.2, 0.25) is 0 Å². The summed E-state index contributed by atoms with van der Waals surface area (Å²) in [6, 6.07) is 0. The molecule has 0 unspecified atom stereocenters. The van der Waals surface area contributed by atoms with Crippen molar-refractivity contribution < 1.29 is 0 Å². The Balaban J connectivity index is 2.45. The molecule has 3 N–H and O–H groups in total. The van der Waals surface area contributed by atoms with Gasteiger partial charge in [0.05, 0.1) is 6.20 Å². The lowest BCUT2D eigenvalue weighted by atomic mass is 10.5. The second-order valence-corrected chi connectivity index (χ2v) is 2.61. The molecule has 0 saturated carbocycles. The van der Waals surface area contributed by atoms with Crippen molar-refractivity contribution in [3.05, 3.63) is 6.20 Å². The largest absolute Gasteiger partial charge is 0.366 e. The van der Waals surface area contributed by atoms with Crippen molar-refractivity contribution in [2.45, 2.75) is 0 Å². The normalized spacial score (nSPS) is 10.2. The molecule has 2 heterocycles. The van der Waals surface area contributed by atoms with Crippen molar-refractivity contribution in [1.82, 2.24) is 24.8 Å². The van der Waals surface area contributed by atoms with Crippen molar-refractivity contribution in [3.63, 3.8) is 0 Å². The summed E-state index contributed by atoms with van der Waals surface area (Å²) in [6.07, 6.45) is 1.60. The van der Waals surface area contributed by atoms with Crippen LogP contribution in [-0.2, 0) is 0 Å². The van der Waals surface area contributed by atoms with Crippen LogP contribution in [0.15, 0.2) is 6.20 Å². The summed E-state index contributed by atoms with van der Waals surface area (Å²) in [4.78, 5) is 4.72. The number of nitrogen functional groups attached to an aromatic ring is 1. The number of hydrogen-bond acceptors (Lipinski definition) is 6. The molecule has 0 saturated heterocycles. The first-order valence-corrected chi connectivity index (χ1v) is 3.59. The highest BCUT2D eigenvalue weighted by Crippen LogP contribution is 2.16. The molecule has 2 aromatic rings. The van der Waals surface area contributed by atoms with Crippen molar-refractivity contribution in [1.29, 1.82) is 0 Å². The van der Waals surface area contributed by atoms with E-state index in [0.29, 0.717) is 5.82 Å². The Kier molecular flexibility index (Phi) is 1.29. The van der Waals surface area contributed by atoms with Crippen LogP contribution in [0, 0.1) is 0 Å². The van der Waals surface area contributed by atoms with Gasteiger partial charge in [-0.3, -0.25) is 5.10 Å². The minimum absolute atomic E-state index is 0.230. The SMILES string of the molecule is Nc1n[nH]c(-c2cnns2)n1. The molecule has 2 rings (SSSR count). The monoisotopic (exact) mass is 168 g/mol. The summed E-state index contributed by atoms with van der Waals surface area (Å²) in [5, 5.41) is 9.97. The van der Waals surface area contributed by atoms with Crippen molar-refractivity contribution in [2.75, 3.05) is 5.73 Å². The number of H-pyrrole nitrogens is 1. The Morgan fingerprint density at radius 2 is 2.45 bits per heavy atom. The molecule has 56 valence electrons. The lowest BCUT2D eigenvalue weighted by Crippen LogP contribution is -1.84. The van der Waals surface area contributed by atoms with E-state index >= 15 is 0 Å². The first-order chi connectivity index (χ1) is 5.36. The number of nitrogens with one attached hydrogen (secondary N) is 1. The van der Waals surface area contributed by atoms with E-state index in [1.54, 1.807) is 6.20 Å². The molecule has 11 heavy (non-hydrogen) atoms. The lowest BCUT2D eigenvalue weighted by Gasteiger charge is -1.80. The highest BCUT2D eigenvalue weighted by Gasteiger charge is 2.04. The molecule has 0 aliphatic heterocycles. The molecule has 0 fully saturated rings. The lowest BCUT2D eigenvalue weighted by molar-refractivity contribution is 1.10. The topological polar surface area (TPSA) is 93.4 Å². The van der Waals surface area contributed by atoms with Gasteiger partial charge in [-0.15, -0.1) is 10.2 Å². The zero-order valence-corrected chi connectivity index (χ0v) is 6.17. The van der Waals surface area contributed by atoms with Crippen LogP contribution in [-0.4, -0.2) is 24.8 Å². The van der Waals surface area contributed by atoms with Crippen LogP contribution in [0.3, 0.4) is 0 Å². The molecule has 0 atom stereocenters. The van der Waals surface area contributed by atoms with Gasteiger partial charge in [0.2, 0.25) is 5.95 Å². The van der Waals surface area contributed by atoms with Crippen LogP contribution in [0.4, 0.5) is 5.95 Å². The standard InChI is InChI=1S/C4H4N6S/c5-4-7-3(8-9-4)2-1-6-10-11-2/h1H,(H3,5,7,8,9). The van der Waals surface area contributed by atoms with Gasteiger partial charge in [0.25, 0.3) is 0 Å². The van der Waals surface area contributed by atoms with Gasteiger partial charge in [0.1, 0.15) is 4.88 Å². The number of nitrogens with two attached hydrogens (primary N) is 1. The maximum absolute atomic E-state index is 5.30. The van der Waals surface area contributed by atoms with Crippen LogP contribution >= 0.6 is 11.5 Å². The molecule has 0 bridgehead atoms. The van der Waals surface area contributed by atoms with Crippen molar-refractivity contribution >= 4 is 17.5 Å². The third kappa shape index (κ3) is 1.05. The number of aromatic nitrogens is 5. The minimum Gasteiger partial charge on any atom is -0.366 e. The zero-order valence-electron chi connectivity index (χ0n) is 5.35. The fourth-order valence-electron chi connectivity index (χ4n) is 0.656. The van der Waals surface area contributed by atoms with E-state index in [0.717, 1.165) is 4.88 Å². The molecule has 6 nitrogen and oxygen atoms in total. The Labute approximate surface area is 65.6 Å². The zero-order chi connectivity index (χ0) is 7.68. The van der Waals surface area contributed by atoms with Gasteiger partial charge in [0, 0.05) is 0 Å². The first kappa shape index (κ1) is 6.23. The maximum atomic E-state index is 5.30. The maximum Gasteiger partial charge on any atom is 0.239 e. The van der Waals surface area contributed by atoms with E-state index in [9.17, 15) is 0 Å². The molecule has 0 aliphatic rings. The second kappa shape index (κ2) is 2.27. The minimum atomic E-state index is 0.230. The third-order valence-electron chi connectivity index (χ3n) is 1.10. The highest BCUT2D eigenvalue weighted by atomic mass is 32.1. The fourth-order valence-corrected chi connectivity index (χ4v) is 1.11. The van der Waals surface area contributed by atoms with Gasteiger partial charge in [-0.05, 0) is 11.5 Å². The molecule has 0 amide bonds. The molecule has 0 aliphatic carbocycles. The van der Waals surface area contributed by atoms with Crippen LogP contribution < -0.4 is 5.73 Å². The summed E-state index contributed by atoms with van der Waals surface area (Å²) >= 11 is 1.24. The van der Waals surface area contributed by atoms with E-state index in [-0.39, 0.29) is 5.95 Å². The average molecular weight is 168 g/mol. The van der Waals surface area contributed by atoms with Crippen LogP contribution in [0.1, 0.15) is 0 Å². The van der Waals surface area contributed by atoms with Gasteiger partial charge in [-0.2, -0.15) is 4.98 Å². The molecule has 0 aromatic carbocycles. The second-order valence-electron chi connectivity index (χ2n) is 1.82. The van der Waals surface area contributed by atoms with Crippen molar-refractivity contribution in [3.8, 4) is 10.7 Å². The van der Waals surface area contributed by atoms with Gasteiger partial charge >= 0.3 is 0 Å². The number of hydrogen-bond donors (Lipinski definition) is 2. The fraction of sp³-hybridized carbons (Fsp3) is 0. The summed E-state index contributed by atoms with van der Waals surface area (Å²) in [7, 11) is 0. The van der Waals surface area contributed by atoms with E-state index < -0.39 is 0 Å². The predicted octanol–water partition coefficient (Wildman–Crippen LogP) is -0.0946. The van der Waals surface area contributed by atoms with E-state index in [1.165, 1.54) is 11.5 Å². The molecule has 2 aromatic heterocycles. The number of aromatic amines is 1. The number of rotatable bonds is 1. The molecule has 0 radical (unpaired) electrons. The summed E-state index contributed by atoms with van der Waals surface area (Å²) in [6.45, 7) is 0. The van der Waals surface area contributed by atoms with E-state index in [1.807, 2.05) is 0 Å². The molecule has 0 spiro atoms. The summed E-state index contributed by atoms with van der Waals surface area (Å²) in [5.41, 5.74) is 5.30. The third-order valence-corrected chi connectivity index (χ3v) is 1.77. The summed E-state index contributed by atoms with van der Waals surface area (Å²) < 4.78 is 3.67. The highest BCUT2D eigenvalue weighted by molar-refractivity contribution is 7.09. The van der Waals surface area contributed by atoms with Crippen LogP contribution in [0.5, 0.6) is 0 Å². The van der Waals surface area contributed by atoms with Gasteiger partial charge in [-0.1, -0.05) is 4.49 Å². The Hall–Kier alpha value is -1.50. The first-order valence-electron chi connectivity index (χ1n) is 2.82. The Bertz CT molecular complexity index is 337. The summed E-state index contributed by atoms with van der Waals surface area (Å²) in [5.74, 6) is 0.839. The molecular weight excluding hydrogens is 164 g/mol. The quantitative estimate of drug-likeness (QED) is 0.620. The average Bonchev–Trinajstić information content (AvgIpc) is 2.55. The molecular formula is C4H4N6S. The van der Waals surface area contributed by atoms with E-state index in [2.05, 4.69) is 24.8 Å². The van der Waals surface area contributed by atoms with Gasteiger partial charge in [0.15, 0.2) is 5.82 Å². The van der Waals surface area contributed by atoms with Gasteiger partial charge in [-0.25, -0.2) is 0 Å².